The third-order valence-corrected chi connectivity index (χ3v) is 5.82. The largest absolute Gasteiger partial charge is 0.361 e. The van der Waals surface area contributed by atoms with Crippen molar-refractivity contribution in [2.24, 2.45) is 0 Å². The number of amides is 1. The van der Waals surface area contributed by atoms with Gasteiger partial charge in [0.25, 0.3) is 5.56 Å². The van der Waals surface area contributed by atoms with Crippen LogP contribution in [0.2, 0.25) is 0 Å². The summed E-state index contributed by atoms with van der Waals surface area (Å²) in [6.07, 6.45) is 2.70. The Balaban J connectivity index is 1.50. The second kappa shape index (κ2) is 9.25. The number of fused-ring (bicyclic) bond motifs is 1. The summed E-state index contributed by atoms with van der Waals surface area (Å²) in [5, 5.41) is 14.9. The van der Waals surface area contributed by atoms with E-state index in [1.807, 2.05) is 13.0 Å². The van der Waals surface area contributed by atoms with Crippen molar-refractivity contribution in [3.63, 3.8) is 0 Å². The van der Waals surface area contributed by atoms with Gasteiger partial charge in [-0.15, -0.1) is 0 Å². The molecule has 8 heteroatoms. The molecule has 0 saturated carbocycles. The Morgan fingerprint density at radius 3 is 2.76 bits per heavy atom. The predicted octanol–water partition coefficient (Wildman–Crippen LogP) is 3.54. The number of hydrogen-bond acceptors (Lipinski definition) is 5. The summed E-state index contributed by atoms with van der Waals surface area (Å²) < 4.78 is 15.1. The highest BCUT2D eigenvalue weighted by atomic mass is 19.1. The molecule has 168 valence electrons. The minimum atomic E-state index is -0.631. The fourth-order valence-corrected chi connectivity index (χ4v) is 4.15. The van der Waals surface area contributed by atoms with Crippen LogP contribution in [-0.2, 0) is 17.8 Å². The third kappa shape index (κ3) is 4.77. The molecule has 33 heavy (non-hydrogen) atoms. The highest BCUT2D eigenvalue weighted by Gasteiger charge is 2.31. The van der Waals surface area contributed by atoms with Gasteiger partial charge in [-0.05, 0) is 67.6 Å². The van der Waals surface area contributed by atoms with E-state index in [1.54, 1.807) is 37.4 Å². The van der Waals surface area contributed by atoms with E-state index in [2.05, 4.69) is 21.7 Å². The number of halogens is 1. The topological polar surface area (TPSA) is 99.8 Å². The van der Waals surface area contributed by atoms with Crippen LogP contribution in [0.3, 0.4) is 0 Å². The summed E-state index contributed by atoms with van der Waals surface area (Å²) in [6.45, 7) is 3.91. The van der Waals surface area contributed by atoms with Gasteiger partial charge in [-0.25, -0.2) is 9.37 Å². The average molecular weight is 445 g/mol. The highest BCUT2D eigenvalue weighted by molar-refractivity contribution is 5.81. The number of benzene rings is 2. The van der Waals surface area contributed by atoms with Crippen molar-refractivity contribution in [1.82, 2.24) is 14.9 Å². The van der Waals surface area contributed by atoms with Crippen LogP contribution >= 0.6 is 0 Å². The molecule has 0 aliphatic carbocycles. The second-order valence-electron chi connectivity index (χ2n) is 8.28. The number of anilines is 1. The molecule has 1 aliphatic heterocycles. The van der Waals surface area contributed by atoms with Gasteiger partial charge < -0.3 is 10.6 Å². The lowest BCUT2D eigenvalue weighted by Crippen LogP contribution is -2.37. The van der Waals surface area contributed by atoms with Gasteiger partial charge in [-0.1, -0.05) is 18.2 Å². The van der Waals surface area contributed by atoms with Crippen LogP contribution in [0.1, 0.15) is 53.4 Å². The van der Waals surface area contributed by atoms with Gasteiger partial charge >= 0.3 is 0 Å². The molecule has 0 spiro atoms. The molecular weight excluding hydrogens is 421 g/mol. The van der Waals surface area contributed by atoms with E-state index in [0.29, 0.717) is 29.7 Å². The maximum absolute atomic E-state index is 13.6. The van der Waals surface area contributed by atoms with Crippen molar-refractivity contribution in [1.29, 1.82) is 5.26 Å². The van der Waals surface area contributed by atoms with Crippen LogP contribution in [0.15, 0.2) is 53.5 Å². The van der Waals surface area contributed by atoms with E-state index in [0.717, 1.165) is 11.1 Å². The Hall–Kier alpha value is -3.99. The minimum absolute atomic E-state index is 0.125. The van der Waals surface area contributed by atoms with Crippen molar-refractivity contribution in [3.8, 4) is 6.07 Å². The normalized spacial score (nSPS) is 15.4. The molecule has 4 rings (SSSR count). The lowest BCUT2D eigenvalue weighted by molar-refractivity contribution is -0.124. The van der Waals surface area contributed by atoms with E-state index >= 15 is 0 Å². The van der Waals surface area contributed by atoms with Crippen molar-refractivity contribution >= 4 is 11.7 Å². The van der Waals surface area contributed by atoms with Gasteiger partial charge in [-0.3, -0.25) is 14.2 Å². The molecule has 2 aromatic carbocycles. The smallest absolute Gasteiger partial charge is 0.294 e. The third-order valence-electron chi connectivity index (χ3n) is 5.82. The van der Waals surface area contributed by atoms with Gasteiger partial charge in [0.15, 0.2) is 5.82 Å². The van der Waals surface area contributed by atoms with Gasteiger partial charge in [0.05, 0.1) is 17.7 Å². The van der Waals surface area contributed by atoms with Crippen molar-refractivity contribution < 1.29 is 9.18 Å². The van der Waals surface area contributed by atoms with E-state index in [4.69, 9.17) is 5.26 Å². The lowest BCUT2D eigenvalue weighted by Gasteiger charge is -2.20. The van der Waals surface area contributed by atoms with Crippen molar-refractivity contribution in [2.75, 3.05) is 5.32 Å². The van der Waals surface area contributed by atoms with Gasteiger partial charge in [0.2, 0.25) is 5.91 Å². The molecule has 0 radical (unpaired) electrons. The predicted molar refractivity (Wildman–Crippen MR) is 122 cm³/mol. The molecule has 7 nitrogen and oxygen atoms in total. The summed E-state index contributed by atoms with van der Waals surface area (Å²) >= 11 is 0. The number of hydrogen-bond donors (Lipinski definition) is 2. The zero-order valence-electron chi connectivity index (χ0n) is 18.4. The maximum atomic E-state index is 13.6. The summed E-state index contributed by atoms with van der Waals surface area (Å²) in [5.74, 6) is -0.454. The Bertz CT molecular complexity index is 1270. The first-order valence-electron chi connectivity index (χ1n) is 10.8. The van der Waals surface area contributed by atoms with Crippen molar-refractivity contribution in [2.45, 2.75) is 45.3 Å². The molecule has 2 atom stereocenters. The van der Waals surface area contributed by atoms with E-state index in [9.17, 15) is 14.0 Å². The zero-order chi connectivity index (χ0) is 23.5. The Kier molecular flexibility index (Phi) is 6.22. The number of nitrogens with one attached hydrogen (secondary N) is 2. The number of aryl methyl sites for hydroxylation is 2. The maximum Gasteiger partial charge on any atom is 0.294 e. The standard InChI is InChI=1S/C25H24FN5O2/c1-15-9-18(11-20(26)10-15)13-28-23-25(33)31-21(14-29-23)7-8-22(31)24(32)30-16(2)19-5-3-17(12-27)4-6-19/h3-6,9-11,14,16,22H,7-8,13H2,1-2H3,(H,28,29)(H,30,32)/t16-,22+/m1/s1. The molecule has 0 unspecified atom stereocenters. The number of rotatable bonds is 6. The fourth-order valence-electron chi connectivity index (χ4n) is 4.15. The number of carbonyl (C=O) groups excluding carboxylic acids is 1. The fraction of sp³-hybridized carbons (Fsp3) is 0.280. The van der Waals surface area contributed by atoms with Crippen LogP contribution in [0.25, 0.3) is 0 Å². The molecule has 0 fully saturated rings. The van der Waals surface area contributed by atoms with Gasteiger partial charge in [-0.2, -0.15) is 5.26 Å². The molecule has 0 bridgehead atoms. The zero-order valence-corrected chi connectivity index (χ0v) is 18.4. The molecule has 2 N–H and O–H groups in total. The monoisotopic (exact) mass is 445 g/mol. The molecule has 1 aromatic heterocycles. The SMILES string of the molecule is Cc1cc(F)cc(CNc2ncc3n(c2=O)[C@H](C(=O)N[C@H](C)c2ccc(C#N)cc2)CC3)c1. The number of aromatic nitrogens is 2. The van der Waals surface area contributed by atoms with Gasteiger partial charge in [0, 0.05) is 18.4 Å². The lowest BCUT2D eigenvalue weighted by atomic mass is 10.1. The Labute approximate surface area is 190 Å². The molecule has 1 aliphatic rings. The highest BCUT2D eigenvalue weighted by Crippen LogP contribution is 2.25. The van der Waals surface area contributed by atoms with E-state index in [1.165, 1.54) is 16.7 Å². The number of nitrogens with zero attached hydrogens (tertiary/aromatic N) is 3. The van der Waals surface area contributed by atoms with E-state index < -0.39 is 6.04 Å². The Morgan fingerprint density at radius 1 is 1.30 bits per heavy atom. The summed E-state index contributed by atoms with van der Waals surface area (Å²) in [6, 6.07) is 12.9. The van der Waals surface area contributed by atoms with Crippen LogP contribution in [-0.4, -0.2) is 15.5 Å². The van der Waals surface area contributed by atoms with Crippen molar-refractivity contribution in [3.05, 3.63) is 92.8 Å². The van der Waals surface area contributed by atoms with Crippen LogP contribution < -0.4 is 16.2 Å². The second-order valence-corrected chi connectivity index (χ2v) is 8.28. The summed E-state index contributed by atoms with van der Waals surface area (Å²) in [7, 11) is 0. The number of nitriles is 1. The van der Waals surface area contributed by atoms with Crippen LogP contribution in [0.5, 0.6) is 0 Å². The van der Waals surface area contributed by atoms with Gasteiger partial charge in [0.1, 0.15) is 11.9 Å². The number of carbonyl (C=O) groups is 1. The molecule has 0 saturated heterocycles. The summed E-state index contributed by atoms with van der Waals surface area (Å²) in [5.41, 5.74) is 3.25. The average Bonchev–Trinajstić information content (AvgIpc) is 3.23. The summed E-state index contributed by atoms with van der Waals surface area (Å²) in [4.78, 5) is 30.4. The first-order chi connectivity index (χ1) is 15.9. The van der Waals surface area contributed by atoms with Crippen LogP contribution in [0, 0.1) is 24.1 Å². The van der Waals surface area contributed by atoms with E-state index in [-0.39, 0.29) is 35.7 Å². The first kappa shape index (κ1) is 22.2. The Morgan fingerprint density at radius 2 is 2.06 bits per heavy atom. The first-order valence-corrected chi connectivity index (χ1v) is 10.8. The minimum Gasteiger partial charge on any atom is -0.361 e. The molecule has 1 amide bonds. The molecule has 2 heterocycles. The molecular formula is C25H24FN5O2. The quantitative estimate of drug-likeness (QED) is 0.605. The molecule has 3 aromatic rings. The van der Waals surface area contributed by atoms with Crippen LogP contribution in [0.4, 0.5) is 10.2 Å².